The Morgan fingerprint density at radius 2 is 1.96 bits per heavy atom. The van der Waals surface area contributed by atoms with Crippen LogP contribution in [0.15, 0.2) is 42.5 Å². The van der Waals surface area contributed by atoms with Gasteiger partial charge in [-0.25, -0.2) is 9.48 Å². The summed E-state index contributed by atoms with van der Waals surface area (Å²) in [5, 5.41) is 8.52. The fraction of sp³-hybridized carbons (Fsp3) is 0.167. The predicted molar refractivity (Wildman–Crippen MR) is 93.8 cm³/mol. The molecular formula is C18H16ClN3O3. The van der Waals surface area contributed by atoms with Crippen LogP contribution in [0.2, 0.25) is 5.02 Å². The molecule has 0 aliphatic heterocycles. The lowest BCUT2D eigenvalue weighted by molar-refractivity contribution is 0.0727. The Hall–Kier alpha value is -2.86. The van der Waals surface area contributed by atoms with Crippen LogP contribution in [0.4, 0.5) is 0 Å². The van der Waals surface area contributed by atoms with Crippen molar-refractivity contribution in [3.8, 4) is 17.2 Å². The molecular weight excluding hydrogens is 342 g/mol. The first-order valence-electron chi connectivity index (χ1n) is 7.54. The molecule has 1 aromatic heterocycles. The molecule has 1 heterocycles. The molecule has 0 saturated heterocycles. The maximum Gasteiger partial charge on any atom is 0.366 e. The largest absolute Gasteiger partial charge is 0.494 e. The van der Waals surface area contributed by atoms with Gasteiger partial charge in [-0.05, 0) is 49.7 Å². The molecule has 7 heteroatoms. The van der Waals surface area contributed by atoms with E-state index in [0.29, 0.717) is 27.9 Å². The quantitative estimate of drug-likeness (QED) is 0.525. The van der Waals surface area contributed by atoms with E-state index in [9.17, 15) is 4.79 Å². The van der Waals surface area contributed by atoms with E-state index in [1.165, 1.54) is 4.68 Å². The van der Waals surface area contributed by atoms with Gasteiger partial charge in [-0.15, -0.1) is 5.10 Å². The Labute approximate surface area is 149 Å². The fourth-order valence-corrected chi connectivity index (χ4v) is 2.58. The van der Waals surface area contributed by atoms with Crippen LogP contribution < -0.4 is 9.47 Å². The molecule has 0 aliphatic carbocycles. The highest BCUT2D eigenvalue weighted by Gasteiger charge is 2.21. The standard InChI is InChI=1S/C18H16ClN3O3/c1-11-5-4-6-14(9-11)25-18(23)17-12(2)22(21-20-17)15-10-13(19)7-8-16(15)24-3/h4-10H,1-3H3. The summed E-state index contributed by atoms with van der Waals surface area (Å²) in [4.78, 5) is 12.4. The Morgan fingerprint density at radius 3 is 2.68 bits per heavy atom. The van der Waals surface area contributed by atoms with Crippen molar-refractivity contribution in [3.05, 3.63) is 64.4 Å². The predicted octanol–water partition coefficient (Wildman–Crippen LogP) is 3.77. The van der Waals surface area contributed by atoms with Crippen LogP contribution >= 0.6 is 11.6 Å². The lowest BCUT2D eigenvalue weighted by Crippen LogP contribution is -2.11. The summed E-state index contributed by atoms with van der Waals surface area (Å²) in [6.45, 7) is 3.65. The molecule has 128 valence electrons. The Morgan fingerprint density at radius 1 is 1.16 bits per heavy atom. The smallest absolute Gasteiger partial charge is 0.366 e. The molecule has 0 radical (unpaired) electrons. The van der Waals surface area contributed by atoms with Gasteiger partial charge in [-0.1, -0.05) is 28.9 Å². The third kappa shape index (κ3) is 3.49. The second kappa shape index (κ2) is 6.94. The molecule has 3 rings (SSSR count). The molecule has 0 atom stereocenters. The Balaban J connectivity index is 1.94. The summed E-state index contributed by atoms with van der Waals surface area (Å²) in [6.07, 6.45) is 0. The van der Waals surface area contributed by atoms with Crippen LogP contribution in [0.25, 0.3) is 5.69 Å². The highest BCUT2D eigenvalue weighted by Crippen LogP contribution is 2.27. The van der Waals surface area contributed by atoms with E-state index in [1.54, 1.807) is 44.4 Å². The third-order valence-corrected chi connectivity index (χ3v) is 3.89. The highest BCUT2D eigenvalue weighted by molar-refractivity contribution is 6.30. The Bertz CT molecular complexity index is 937. The lowest BCUT2D eigenvalue weighted by atomic mass is 10.2. The van der Waals surface area contributed by atoms with Crippen molar-refractivity contribution in [3.63, 3.8) is 0 Å². The minimum Gasteiger partial charge on any atom is -0.494 e. The first kappa shape index (κ1) is 17.0. The first-order valence-corrected chi connectivity index (χ1v) is 7.92. The van der Waals surface area contributed by atoms with Crippen LogP contribution in [-0.2, 0) is 0 Å². The van der Waals surface area contributed by atoms with Crippen LogP contribution in [0.3, 0.4) is 0 Å². The number of aryl methyl sites for hydroxylation is 1. The zero-order valence-electron chi connectivity index (χ0n) is 14.0. The number of aromatic nitrogens is 3. The number of ether oxygens (including phenoxy) is 2. The van der Waals surface area contributed by atoms with Gasteiger partial charge in [0.2, 0.25) is 0 Å². The summed E-state index contributed by atoms with van der Waals surface area (Å²) in [5.41, 5.74) is 2.24. The number of benzene rings is 2. The second-order valence-corrected chi connectivity index (χ2v) is 5.89. The third-order valence-electron chi connectivity index (χ3n) is 3.66. The number of methoxy groups -OCH3 is 1. The number of carbonyl (C=O) groups excluding carboxylic acids is 1. The molecule has 0 aliphatic rings. The fourth-order valence-electron chi connectivity index (χ4n) is 2.41. The number of carbonyl (C=O) groups is 1. The van der Waals surface area contributed by atoms with E-state index in [-0.39, 0.29) is 5.69 Å². The first-order chi connectivity index (χ1) is 12.0. The lowest BCUT2D eigenvalue weighted by Gasteiger charge is -2.10. The minimum atomic E-state index is -0.574. The van der Waals surface area contributed by atoms with E-state index in [1.807, 2.05) is 19.1 Å². The minimum absolute atomic E-state index is 0.128. The van der Waals surface area contributed by atoms with Gasteiger partial charge in [0.05, 0.1) is 12.8 Å². The molecule has 2 aromatic carbocycles. The zero-order valence-corrected chi connectivity index (χ0v) is 14.7. The molecule has 0 bridgehead atoms. The monoisotopic (exact) mass is 357 g/mol. The number of hydrogen-bond acceptors (Lipinski definition) is 5. The van der Waals surface area contributed by atoms with Crippen molar-refractivity contribution in [2.45, 2.75) is 13.8 Å². The number of halogens is 1. The van der Waals surface area contributed by atoms with Crippen molar-refractivity contribution in [2.75, 3.05) is 7.11 Å². The van der Waals surface area contributed by atoms with Crippen molar-refractivity contribution >= 4 is 17.6 Å². The van der Waals surface area contributed by atoms with Gasteiger partial charge in [0.15, 0.2) is 5.69 Å². The molecule has 0 unspecified atom stereocenters. The molecule has 25 heavy (non-hydrogen) atoms. The van der Waals surface area contributed by atoms with E-state index in [2.05, 4.69) is 10.3 Å². The SMILES string of the molecule is COc1ccc(Cl)cc1-n1nnc(C(=O)Oc2cccc(C)c2)c1C. The van der Waals surface area contributed by atoms with E-state index >= 15 is 0 Å². The van der Waals surface area contributed by atoms with Crippen LogP contribution in [0, 0.1) is 13.8 Å². The van der Waals surface area contributed by atoms with Gasteiger partial charge in [-0.2, -0.15) is 0 Å². The van der Waals surface area contributed by atoms with Gasteiger partial charge in [0, 0.05) is 5.02 Å². The van der Waals surface area contributed by atoms with Gasteiger partial charge in [0.1, 0.15) is 17.2 Å². The highest BCUT2D eigenvalue weighted by atomic mass is 35.5. The number of hydrogen-bond donors (Lipinski definition) is 0. The van der Waals surface area contributed by atoms with E-state index in [0.717, 1.165) is 5.56 Å². The van der Waals surface area contributed by atoms with Crippen LogP contribution in [-0.4, -0.2) is 28.1 Å². The molecule has 6 nitrogen and oxygen atoms in total. The summed E-state index contributed by atoms with van der Waals surface area (Å²) >= 11 is 6.06. The van der Waals surface area contributed by atoms with Crippen molar-refractivity contribution in [2.24, 2.45) is 0 Å². The maximum atomic E-state index is 12.4. The van der Waals surface area contributed by atoms with Crippen molar-refractivity contribution in [1.82, 2.24) is 15.0 Å². The van der Waals surface area contributed by atoms with Gasteiger partial charge in [-0.3, -0.25) is 0 Å². The van der Waals surface area contributed by atoms with Crippen LogP contribution in [0.1, 0.15) is 21.7 Å². The van der Waals surface area contributed by atoms with Crippen LogP contribution in [0.5, 0.6) is 11.5 Å². The second-order valence-electron chi connectivity index (χ2n) is 5.46. The summed E-state index contributed by atoms with van der Waals surface area (Å²) < 4.78 is 12.2. The topological polar surface area (TPSA) is 66.2 Å². The average molecular weight is 358 g/mol. The summed E-state index contributed by atoms with van der Waals surface area (Å²) in [5.74, 6) is 0.450. The van der Waals surface area contributed by atoms with Crippen molar-refractivity contribution < 1.29 is 14.3 Å². The summed E-state index contributed by atoms with van der Waals surface area (Å²) in [7, 11) is 1.55. The molecule has 0 amide bonds. The van der Waals surface area contributed by atoms with Crippen molar-refractivity contribution in [1.29, 1.82) is 0 Å². The molecule has 0 fully saturated rings. The number of nitrogens with zero attached hydrogens (tertiary/aromatic N) is 3. The molecule has 0 spiro atoms. The number of esters is 1. The van der Waals surface area contributed by atoms with Gasteiger partial charge in [0.25, 0.3) is 0 Å². The van der Waals surface area contributed by atoms with E-state index in [4.69, 9.17) is 21.1 Å². The molecule has 3 aromatic rings. The Kier molecular flexibility index (Phi) is 4.72. The molecule has 0 N–H and O–H groups in total. The van der Waals surface area contributed by atoms with E-state index < -0.39 is 5.97 Å². The number of rotatable bonds is 4. The maximum absolute atomic E-state index is 12.4. The average Bonchev–Trinajstić information content (AvgIpc) is 2.96. The van der Waals surface area contributed by atoms with Gasteiger partial charge < -0.3 is 9.47 Å². The molecule has 0 saturated carbocycles. The van der Waals surface area contributed by atoms with Gasteiger partial charge >= 0.3 is 5.97 Å². The summed E-state index contributed by atoms with van der Waals surface area (Å²) in [6, 6.07) is 12.4. The normalized spacial score (nSPS) is 10.6. The zero-order chi connectivity index (χ0) is 18.0.